The molecule has 1 aromatic carbocycles. The third-order valence-corrected chi connectivity index (χ3v) is 2.77. The molecule has 0 saturated carbocycles. The minimum Gasteiger partial charge on any atom is -0.496 e. The molecule has 0 spiro atoms. The highest BCUT2D eigenvalue weighted by Crippen LogP contribution is 2.24. The fourth-order valence-electron chi connectivity index (χ4n) is 1.76. The predicted octanol–water partition coefficient (Wildman–Crippen LogP) is 2.03. The molecular weight excluding hydrogens is 230 g/mol. The van der Waals surface area contributed by atoms with Crippen molar-refractivity contribution in [3.05, 3.63) is 29.8 Å². The van der Waals surface area contributed by atoms with Crippen LogP contribution in [-0.2, 0) is 4.79 Å². The van der Waals surface area contributed by atoms with Crippen molar-refractivity contribution in [3.63, 3.8) is 0 Å². The molecule has 1 amide bonds. The van der Waals surface area contributed by atoms with Crippen molar-refractivity contribution in [2.45, 2.75) is 38.8 Å². The predicted molar refractivity (Wildman–Crippen MR) is 70.5 cm³/mol. The average molecular weight is 251 g/mol. The topological polar surface area (TPSA) is 58.6 Å². The van der Waals surface area contributed by atoms with Crippen LogP contribution >= 0.6 is 0 Å². The van der Waals surface area contributed by atoms with Crippen molar-refractivity contribution in [2.24, 2.45) is 0 Å². The van der Waals surface area contributed by atoms with Crippen LogP contribution in [0.4, 0.5) is 0 Å². The highest BCUT2D eigenvalue weighted by Gasteiger charge is 2.13. The molecule has 0 radical (unpaired) electrons. The maximum Gasteiger partial charge on any atom is 0.220 e. The van der Waals surface area contributed by atoms with Gasteiger partial charge in [-0.05, 0) is 26.3 Å². The SMILES string of the molecule is COc1ccccc1C(C)NC(=O)CCC(C)O. The summed E-state index contributed by atoms with van der Waals surface area (Å²) in [6.45, 7) is 3.59. The number of rotatable bonds is 6. The number of nitrogens with one attached hydrogen (secondary N) is 1. The van der Waals surface area contributed by atoms with Crippen LogP contribution in [0.3, 0.4) is 0 Å². The number of aliphatic hydroxyl groups excluding tert-OH is 1. The molecule has 0 fully saturated rings. The Hall–Kier alpha value is -1.55. The lowest BCUT2D eigenvalue weighted by atomic mass is 10.1. The highest BCUT2D eigenvalue weighted by atomic mass is 16.5. The fourth-order valence-corrected chi connectivity index (χ4v) is 1.76. The lowest BCUT2D eigenvalue weighted by Crippen LogP contribution is -2.27. The molecule has 2 N–H and O–H groups in total. The smallest absolute Gasteiger partial charge is 0.220 e. The van der Waals surface area contributed by atoms with Crippen molar-refractivity contribution in [1.29, 1.82) is 0 Å². The summed E-state index contributed by atoms with van der Waals surface area (Å²) < 4.78 is 5.25. The first-order valence-corrected chi connectivity index (χ1v) is 6.15. The summed E-state index contributed by atoms with van der Waals surface area (Å²) in [6.07, 6.45) is 0.360. The van der Waals surface area contributed by atoms with Crippen LogP contribution in [0.15, 0.2) is 24.3 Å². The van der Waals surface area contributed by atoms with Gasteiger partial charge in [0.25, 0.3) is 0 Å². The number of aliphatic hydroxyl groups is 1. The maximum absolute atomic E-state index is 11.7. The fraction of sp³-hybridized carbons (Fsp3) is 0.500. The summed E-state index contributed by atoms with van der Waals surface area (Å²) >= 11 is 0. The minimum absolute atomic E-state index is 0.0608. The molecule has 2 unspecified atom stereocenters. The summed E-state index contributed by atoms with van der Waals surface area (Å²) in [5.74, 6) is 0.704. The molecule has 0 aliphatic heterocycles. The zero-order chi connectivity index (χ0) is 13.5. The number of hydrogen-bond acceptors (Lipinski definition) is 3. The molecule has 18 heavy (non-hydrogen) atoms. The molecule has 2 atom stereocenters. The van der Waals surface area contributed by atoms with Gasteiger partial charge in [0.1, 0.15) is 5.75 Å². The van der Waals surface area contributed by atoms with Crippen LogP contribution in [0.2, 0.25) is 0 Å². The average Bonchev–Trinajstić information content (AvgIpc) is 2.36. The summed E-state index contributed by atoms with van der Waals surface area (Å²) in [7, 11) is 1.61. The highest BCUT2D eigenvalue weighted by molar-refractivity contribution is 5.76. The van der Waals surface area contributed by atoms with Gasteiger partial charge in [0.2, 0.25) is 5.91 Å². The zero-order valence-corrected chi connectivity index (χ0v) is 11.1. The van der Waals surface area contributed by atoms with E-state index >= 15 is 0 Å². The molecular formula is C14H21NO3. The molecule has 0 aromatic heterocycles. The first-order valence-electron chi connectivity index (χ1n) is 6.15. The van der Waals surface area contributed by atoms with Gasteiger partial charge in [0.15, 0.2) is 0 Å². The van der Waals surface area contributed by atoms with Gasteiger partial charge in [-0.15, -0.1) is 0 Å². The third kappa shape index (κ3) is 4.37. The lowest BCUT2D eigenvalue weighted by Gasteiger charge is -2.17. The van der Waals surface area contributed by atoms with E-state index in [4.69, 9.17) is 9.84 Å². The van der Waals surface area contributed by atoms with Crippen molar-refractivity contribution in [3.8, 4) is 5.75 Å². The van der Waals surface area contributed by atoms with E-state index in [0.717, 1.165) is 11.3 Å². The summed E-state index contributed by atoms with van der Waals surface area (Å²) in [4.78, 5) is 11.7. The van der Waals surface area contributed by atoms with Gasteiger partial charge in [0.05, 0.1) is 19.3 Å². The number of hydrogen-bond donors (Lipinski definition) is 2. The zero-order valence-electron chi connectivity index (χ0n) is 11.1. The maximum atomic E-state index is 11.7. The van der Waals surface area contributed by atoms with E-state index in [1.54, 1.807) is 14.0 Å². The number of para-hydroxylation sites is 1. The second kappa shape index (κ2) is 7.01. The molecule has 4 nitrogen and oxygen atoms in total. The van der Waals surface area contributed by atoms with E-state index in [1.807, 2.05) is 31.2 Å². The Morgan fingerprint density at radius 2 is 2.06 bits per heavy atom. The lowest BCUT2D eigenvalue weighted by molar-refractivity contribution is -0.122. The van der Waals surface area contributed by atoms with Crippen LogP contribution in [-0.4, -0.2) is 24.2 Å². The Bertz CT molecular complexity index is 390. The Labute approximate surface area is 108 Å². The van der Waals surface area contributed by atoms with Gasteiger partial charge in [-0.2, -0.15) is 0 Å². The number of benzene rings is 1. The van der Waals surface area contributed by atoms with Gasteiger partial charge in [-0.25, -0.2) is 0 Å². The van der Waals surface area contributed by atoms with Gasteiger partial charge in [0, 0.05) is 12.0 Å². The van der Waals surface area contributed by atoms with Crippen LogP contribution in [0.25, 0.3) is 0 Å². The summed E-state index contributed by atoms with van der Waals surface area (Å²) in [5, 5.41) is 12.0. The van der Waals surface area contributed by atoms with Gasteiger partial charge in [-0.3, -0.25) is 4.79 Å². The Kier molecular flexibility index (Phi) is 5.65. The number of methoxy groups -OCH3 is 1. The number of carbonyl (C=O) groups is 1. The number of amides is 1. The summed E-state index contributed by atoms with van der Waals surface area (Å²) in [5.41, 5.74) is 0.949. The van der Waals surface area contributed by atoms with E-state index < -0.39 is 6.10 Å². The van der Waals surface area contributed by atoms with E-state index in [1.165, 1.54) is 0 Å². The van der Waals surface area contributed by atoms with E-state index in [-0.39, 0.29) is 11.9 Å². The van der Waals surface area contributed by atoms with Crippen LogP contribution < -0.4 is 10.1 Å². The van der Waals surface area contributed by atoms with Crippen LogP contribution in [0.1, 0.15) is 38.3 Å². The second-order valence-electron chi connectivity index (χ2n) is 4.42. The number of carbonyl (C=O) groups excluding carboxylic acids is 1. The normalized spacial score (nSPS) is 13.8. The molecule has 0 saturated heterocycles. The summed E-state index contributed by atoms with van der Waals surface area (Å²) in [6, 6.07) is 7.50. The van der Waals surface area contributed by atoms with Crippen molar-refractivity contribution in [2.75, 3.05) is 7.11 Å². The minimum atomic E-state index is -0.447. The Morgan fingerprint density at radius 1 is 1.39 bits per heavy atom. The number of ether oxygens (including phenoxy) is 1. The van der Waals surface area contributed by atoms with Crippen molar-refractivity contribution >= 4 is 5.91 Å². The molecule has 0 aliphatic carbocycles. The molecule has 1 rings (SSSR count). The van der Waals surface area contributed by atoms with Gasteiger partial charge >= 0.3 is 0 Å². The largest absolute Gasteiger partial charge is 0.496 e. The monoisotopic (exact) mass is 251 g/mol. The molecule has 0 bridgehead atoms. The van der Waals surface area contributed by atoms with E-state index in [2.05, 4.69) is 5.32 Å². The second-order valence-corrected chi connectivity index (χ2v) is 4.42. The Balaban J connectivity index is 2.59. The molecule has 1 aromatic rings. The molecule has 0 heterocycles. The standard InChI is InChI=1S/C14H21NO3/c1-10(16)8-9-14(17)15-11(2)12-6-4-5-7-13(12)18-3/h4-7,10-11,16H,8-9H2,1-3H3,(H,15,17). The molecule has 0 aliphatic rings. The first-order chi connectivity index (χ1) is 8.54. The third-order valence-electron chi connectivity index (χ3n) is 2.77. The molecule has 100 valence electrons. The quantitative estimate of drug-likeness (QED) is 0.813. The first kappa shape index (κ1) is 14.5. The van der Waals surface area contributed by atoms with Crippen molar-refractivity contribution in [1.82, 2.24) is 5.32 Å². The Morgan fingerprint density at radius 3 is 2.67 bits per heavy atom. The van der Waals surface area contributed by atoms with Crippen molar-refractivity contribution < 1.29 is 14.6 Å². The van der Waals surface area contributed by atoms with Gasteiger partial charge in [-0.1, -0.05) is 18.2 Å². The molecule has 4 heteroatoms. The van der Waals surface area contributed by atoms with E-state index in [9.17, 15) is 4.79 Å². The van der Waals surface area contributed by atoms with Gasteiger partial charge < -0.3 is 15.2 Å². The van der Waals surface area contributed by atoms with Crippen LogP contribution in [0.5, 0.6) is 5.75 Å². The van der Waals surface area contributed by atoms with E-state index in [0.29, 0.717) is 12.8 Å². The van der Waals surface area contributed by atoms with Crippen LogP contribution in [0, 0.1) is 0 Å².